The minimum absolute atomic E-state index is 0.0634. The predicted molar refractivity (Wildman–Crippen MR) is 135 cm³/mol. The van der Waals surface area contributed by atoms with Gasteiger partial charge in [0.25, 0.3) is 23.3 Å². The average Bonchev–Trinajstić information content (AvgIpc) is 3.14. The van der Waals surface area contributed by atoms with E-state index < -0.39 is 5.91 Å². The highest BCUT2D eigenvalue weighted by Gasteiger charge is 2.35. The van der Waals surface area contributed by atoms with E-state index in [-0.39, 0.29) is 29.5 Å². The second kappa shape index (κ2) is 9.84. The molecule has 7 heteroatoms. The summed E-state index contributed by atoms with van der Waals surface area (Å²) >= 11 is 0. The number of nitrogens with one attached hydrogen (secondary N) is 1. The van der Waals surface area contributed by atoms with Crippen molar-refractivity contribution in [2.45, 2.75) is 19.6 Å². The SMILES string of the molecule is O=C(NCc1ccc(Cn2ccccc2=O)cc1)c1ccc2c(c1)C(=O)N(Cc1ccccc1)C2=O. The Morgan fingerprint density at radius 3 is 2.08 bits per heavy atom. The highest BCUT2D eigenvalue weighted by atomic mass is 16.2. The molecule has 5 rings (SSSR count). The van der Waals surface area contributed by atoms with Crippen LogP contribution in [0, 0.1) is 0 Å². The molecule has 2 heterocycles. The number of nitrogens with zero attached hydrogens (tertiary/aromatic N) is 2. The van der Waals surface area contributed by atoms with Crippen molar-refractivity contribution in [3.63, 3.8) is 0 Å². The molecule has 1 N–H and O–H groups in total. The lowest BCUT2D eigenvalue weighted by molar-refractivity contribution is 0.0642. The van der Waals surface area contributed by atoms with Crippen molar-refractivity contribution in [2.75, 3.05) is 0 Å². The molecule has 1 aromatic heterocycles. The molecule has 0 spiro atoms. The zero-order valence-corrected chi connectivity index (χ0v) is 19.4. The number of hydrogen-bond donors (Lipinski definition) is 1. The lowest BCUT2D eigenvalue weighted by Crippen LogP contribution is -2.29. The average molecular weight is 478 g/mol. The van der Waals surface area contributed by atoms with Crippen LogP contribution in [0.4, 0.5) is 0 Å². The molecular formula is C29H23N3O4. The molecule has 0 saturated heterocycles. The minimum atomic E-state index is -0.401. The lowest BCUT2D eigenvalue weighted by Gasteiger charge is -2.13. The third-order valence-corrected chi connectivity index (χ3v) is 6.14. The van der Waals surface area contributed by atoms with Gasteiger partial charge in [0.15, 0.2) is 0 Å². The number of carbonyl (C=O) groups is 3. The first-order chi connectivity index (χ1) is 17.5. The van der Waals surface area contributed by atoms with E-state index in [9.17, 15) is 19.2 Å². The van der Waals surface area contributed by atoms with Crippen LogP contribution < -0.4 is 10.9 Å². The number of fused-ring (bicyclic) bond motifs is 1. The Morgan fingerprint density at radius 2 is 1.33 bits per heavy atom. The molecule has 3 aromatic carbocycles. The molecule has 36 heavy (non-hydrogen) atoms. The van der Waals surface area contributed by atoms with Crippen LogP contribution in [0.1, 0.15) is 47.8 Å². The number of hydrogen-bond acceptors (Lipinski definition) is 4. The summed E-state index contributed by atoms with van der Waals surface area (Å²) in [6, 6.07) is 26.6. The van der Waals surface area contributed by atoms with Gasteiger partial charge in [-0.15, -0.1) is 0 Å². The van der Waals surface area contributed by atoms with Gasteiger partial charge >= 0.3 is 0 Å². The molecule has 178 valence electrons. The van der Waals surface area contributed by atoms with Crippen LogP contribution in [0.25, 0.3) is 0 Å². The van der Waals surface area contributed by atoms with E-state index in [1.807, 2.05) is 60.7 Å². The van der Waals surface area contributed by atoms with Crippen molar-refractivity contribution in [2.24, 2.45) is 0 Å². The van der Waals surface area contributed by atoms with E-state index in [1.165, 1.54) is 23.1 Å². The quantitative estimate of drug-likeness (QED) is 0.412. The van der Waals surface area contributed by atoms with Gasteiger partial charge in [-0.1, -0.05) is 60.7 Å². The van der Waals surface area contributed by atoms with Gasteiger partial charge in [-0.05, 0) is 41.0 Å². The largest absolute Gasteiger partial charge is 0.348 e. The van der Waals surface area contributed by atoms with Crippen molar-refractivity contribution in [1.82, 2.24) is 14.8 Å². The first-order valence-electron chi connectivity index (χ1n) is 11.6. The molecular weight excluding hydrogens is 454 g/mol. The lowest BCUT2D eigenvalue weighted by atomic mass is 10.1. The molecule has 0 bridgehead atoms. The molecule has 0 fully saturated rings. The number of carbonyl (C=O) groups excluding carboxylic acids is 3. The standard InChI is InChI=1S/C29H23N3O4/c33-26-8-4-5-15-31(26)18-22-11-9-20(10-12-22)17-30-27(34)23-13-14-24-25(16-23)29(36)32(28(24)35)19-21-6-2-1-3-7-21/h1-16H,17-19H2,(H,30,34). The Morgan fingerprint density at radius 1 is 0.667 bits per heavy atom. The van der Waals surface area contributed by atoms with Crippen LogP contribution in [-0.4, -0.2) is 27.2 Å². The van der Waals surface area contributed by atoms with Crippen molar-refractivity contribution < 1.29 is 14.4 Å². The molecule has 0 atom stereocenters. The normalized spacial score (nSPS) is 12.5. The number of amides is 3. The van der Waals surface area contributed by atoms with Gasteiger partial charge in [-0.2, -0.15) is 0 Å². The fraction of sp³-hybridized carbons (Fsp3) is 0.103. The summed E-state index contributed by atoms with van der Waals surface area (Å²) in [7, 11) is 0. The van der Waals surface area contributed by atoms with Crippen LogP contribution in [0.15, 0.2) is 102 Å². The molecule has 0 unspecified atom stereocenters. The number of pyridine rings is 1. The second-order valence-corrected chi connectivity index (χ2v) is 8.61. The monoisotopic (exact) mass is 477 g/mol. The zero-order valence-electron chi connectivity index (χ0n) is 19.4. The molecule has 4 aromatic rings. The van der Waals surface area contributed by atoms with Crippen LogP contribution in [0.5, 0.6) is 0 Å². The van der Waals surface area contributed by atoms with Gasteiger partial charge in [-0.3, -0.25) is 24.1 Å². The van der Waals surface area contributed by atoms with E-state index in [0.29, 0.717) is 24.2 Å². The number of aromatic nitrogens is 1. The fourth-order valence-electron chi connectivity index (χ4n) is 4.18. The first-order valence-corrected chi connectivity index (χ1v) is 11.6. The summed E-state index contributed by atoms with van der Waals surface area (Å²) in [6.45, 7) is 0.952. The summed E-state index contributed by atoms with van der Waals surface area (Å²) in [5.41, 5.74) is 3.52. The third kappa shape index (κ3) is 4.72. The Labute approximate surface area is 207 Å². The molecule has 1 aliphatic heterocycles. The molecule has 3 amide bonds. The van der Waals surface area contributed by atoms with E-state index in [1.54, 1.807) is 22.9 Å². The summed E-state index contributed by atoms with van der Waals surface area (Å²) in [6.07, 6.45) is 1.74. The highest BCUT2D eigenvalue weighted by molar-refractivity contribution is 6.22. The van der Waals surface area contributed by atoms with Crippen molar-refractivity contribution >= 4 is 17.7 Å². The van der Waals surface area contributed by atoms with Crippen LogP contribution in [0.2, 0.25) is 0 Å². The minimum Gasteiger partial charge on any atom is -0.348 e. The molecule has 7 nitrogen and oxygen atoms in total. The van der Waals surface area contributed by atoms with Gasteiger partial charge in [0.05, 0.1) is 24.2 Å². The summed E-state index contributed by atoms with van der Waals surface area (Å²) < 4.78 is 1.62. The smallest absolute Gasteiger partial charge is 0.261 e. The van der Waals surface area contributed by atoms with Gasteiger partial charge in [0.2, 0.25) is 0 Å². The zero-order chi connectivity index (χ0) is 25.1. The van der Waals surface area contributed by atoms with Gasteiger partial charge in [0, 0.05) is 24.4 Å². The van der Waals surface area contributed by atoms with Crippen molar-refractivity contribution in [1.29, 1.82) is 0 Å². The second-order valence-electron chi connectivity index (χ2n) is 8.61. The Kier molecular flexibility index (Phi) is 6.28. The summed E-state index contributed by atoms with van der Waals surface area (Å²) in [5.74, 6) is -1.09. The highest BCUT2D eigenvalue weighted by Crippen LogP contribution is 2.25. The summed E-state index contributed by atoms with van der Waals surface area (Å²) in [4.78, 5) is 51.5. The summed E-state index contributed by atoms with van der Waals surface area (Å²) in [5, 5.41) is 2.86. The van der Waals surface area contributed by atoms with E-state index in [2.05, 4.69) is 5.32 Å². The van der Waals surface area contributed by atoms with Crippen molar-refractivity contribution in [3.05, 3.63) is 141 Å². The Hall–Kier alpha value is -4.78. The maximum absolute atomic E-state index is 12.9. The number of rotatable bonds is 7. The maximum atomic E-state index is 12.9. The first kappa shape index (κ1) is 23.0. The Balaban J connectivity index is 1.22. The molecule has 0 aliphatic carbocycles. The maximum Gasteiger partial charge on any atom is 0.261 e. The Bertz CT molecular complexity index is 1510. The predicted octanol–water partition coefficient (Wildman–Crippen LogP) is 3.62. The number of imide groups is 1. The third-order valence-electron chi connectivity index (χ3n) is 6.14. The van der Waals surface area contributed by atoms with E-state index >= 15 is 0 Å². The van der Waals surface area contributed by atoms with E-state index in [4.69, 9.17) is 0 Å². The van der Waals surface area contributed by atoms with Gasteiger partial charge in [0.1, 0.15) is 0 Å². The van der Waals surface area contributed by atoms with Crippen molar-refractivity contribution in [3.8, 4) is 0 Å². The molecule has 0 saturated carbocycles. The number of benzene rings is 3. The van der Waals surface area contributed by atoms with Crippen LogP contribution in [0.3, 0.4) is 0 Å². The van der Waals surface area contributed by atoms with Crippen LogP contribution in [-0.2, 0) is 19.6 Å². The van der Waals surface area contributed by atoms with E-state index in [0.717, 1.165) is 16.7 Å². The fourth-order valence-corrected chi connectivity index (χ4v) is 4.18. The van der Waals surface area contributed by atoms with Crippen LogP contribution >= 0.6 is 0 Å². The molecule has 0 radical (unpaired) electrons. The topological polar surface area (TPSA) is 88.5 Å². The van der Waals surface area contributed by atoms with Gasteiger partial charge < -0.3 is 9.88 Å². The van der Waals surface area contributed by atoms with Gasteiger partial charge in [-0.25, -0.2) is 0 Å². The molecule has 1 aliphatic rings.